The van der Waals surface area contributed by atoms with Gasteiger partial charge >= 0.3 is 0 Å². The quantitative estimate of drug-likeness (QED) is 0.454. The van der Waals surface area contributed by atoms with E-state index in [1.807, 2.05) is 85.8 Å². The molecule has 27 heavy (non-hydrogen) atoms. The van der Waals surface area contributed by atoms with Crippen molar-refractivity contribution in [2.45, 2.75) is 19.8 Å². The van der Waals surface area contributed by atoms with Gasteiger partial charge in [0.2, 0.25) is 0 Å². The van der Waals surface area contributed by atoms with Crippen LogP contribution in [0, 0.1) is 0 Å². The van der Waals surface area contributed by atoms with Gasteiger partial charge in [0.1, 0.15) is 23.1 Å². The molecular formula is C24H23FO2. The summed E-state index contributed by atoms with van der Waals surface area (Å²) in [6.07, 6.45) is 2.43. The predicted molar refractivity (Wildman–Crippen MR) is 107 cm³/mol. The van der Waals surface area contributed by atoms with Gasteiger partial charge in [-0.2, -0.15) is 0 Å². The van der Waals surface area contributed by atoms with Crippen molar-refractivity contribution >= 4 is 0 Å². The molecule has 0 saturated heterocycles. The normalized spacial score (nSPS) is 11.3. The summed E-state index contributed by atoms with van der Waals surface area (Å²) in [7, 11) is 0. The summed E-state index contributed by atoms with van der Waals surface area (Å²) in [4.78, 5) is 0. The van der Waals surface area contributed by atoms with E-state index in [-0.39, 0.29) is 12.2 Å². The van der Waals surface area contributed by atoms with Crippen molar-refractivity contribution in [3.05, 3.63) is 102 Å². The maximum absolute atomic E-state index is 14.3. The molecule has 3 heteroatoms. The molecule has 3 aromatic rings. The summed E-state index contributed by atoms with van der Waals surface area (Å²) < 4.78 is 25.5. The van der Waals surface area contributed by atoms with E-state index in [1.54, 1.807) is 6.08 Å². The van der Waals surface area contributed by atoms with E-state index in [2.05, 4.69) is 0 Å². The van der Waals surface area contributed by atoms with Gasteiger partial charge < -0.3 is 9.47 Å². The van der Waals surface area contributed by atoms with Gasteiger partial charge in [-0.05, 0) is 66.9 Å². The first kappa shape index (κ1) is 18.7. The Morgan fingerprint density at radius 2 is 1.56 bits per heavy atom. The Labute approximate surface area is 159 Å². The Balaban J connectivity index is 1.58. The van der Waals surface area contributed by atoms with Gasteiger partial charge in [-0.15, -0.1) is 0 Å². The van der Waals surface area contributed by atoms with Gasteiger partial charge in [-0.3, -0.25) is 0 Å². The molecule has 138 valence electrons. The molecule has 3 aromatic carbocycles. The summed E-state index contributed by atoms with van der Waals surface area (Å²) in [6.45, 7) is 2.57. The molecule has 0 unspecified atom stereocenters. The summed E-state index contributed by atoms with van der Waals surface area (Å²) >= 11 is 0. The lowest BCUT2D eigenvalue weighted by Gasteiger charge is -2.07. The number of hydrogen-bond acceptors (Lipinski definition) is 2. The van der Waals surface area contributed by atoms with Crippen LogP contribution in [0.1, 0.15) is 18.1 Å². The fourth-order valence-corrected chi connectivity index (χ4v) is 2.73. The van der Waals surface area contributed by atoms with Crippen LogP contribution in [0.15, 0.2) is 90.8 Å². The Kier molecular flexibility index (Phi) is 6.64. The fourth-order valence-electron chi connectivity index (χ4n) is 2.73. The minimum absolute atomic E-state index is 0.145. The molecule has 0 radical (unpaired) electrons. The molecule has 0 heterocycles. The first-order valence-corrected chi connectivity index (χ1v) is 9.11. The molecule has 2 nitrogen and oxygen atoms in total. The van der Waals surface area contributed by atoms with Gasteiger partial charge in [-0.25, -0.2) is 4.39 Å². The zero-order valence-corrected chi connectivity index (χ0v) is 15.4. The van der Waals surface area contributed by atoms with E-state index < -0.39 is 0 Å². The van der Waals surface area contributed by atoms with E-state index >= 15 is 0 Å². The number of hydrogen-bond donors (Lipinski definition) is 0. The van der Waals surface area contributed by atoms with E-state index in [4.69, 9.17) is 9.47 Å². The molecule has 0 bridgehead atoms. The summed E-state index contributed by atoms with van der Waals surface area (Å²) in [5.41, 5.74) is 1.93. The van der Waals surface area contributed by atoms with Crippen LogP contribution in [0.3, 0.4) is 0 Å². The summed E-state index contributed by atoms with van der Waals surface area (Å²) in [5.74, 6) is 2.19. The Morgan fingerprint density at radius 3 is 2.30 bits per heavy atom. The highest BCUT2D eigenvalue weighted by atomic mass is 19.1. The highest BCUT2D eigenvalue weighted by Gasteiger charge is 2.02. The van der Waals surface area contributed by atoms with Crippen LogP contribution < -0.4 is 9.47 Å². The van der Waals surface area contributed by atoms with Crippen molar-refractivity contribution in [2.24, 2.45) is 0 Å². The SMILES string of the molecule is CCOc1ccc(CC(F)=CCc2cccc(Oc3ccccc3)c2)cc1. The zero-order valence-electron chi connectivity index (χ0n) is 15.4. The zero-order chi connectivity index (χ0) is 18.9. The van der Waals surface area contributed by atoms with E-state index in [0.717, 1.165) is 28.4 Å². The smallest absolute Gasteiger partial charge is 0.127 e. The van der Waals surface area contributed by atoms with E-state index in [0.29, 0.717) is 13.0 Å². The molecule has 0 saturated carbocycles. The van der Waals surface area contributed by atoms with Crippen LogP contribution in [0.25, 0.3) is 0 Å². The second-order valence-corrected chi connectivity index (χ2v) is 6.17. The largest absolute Gasteiger partial charge is 0.494 e. The molecule has 0 fully saturated rings. The Morgan fingerprint density at radius 1 is 0.815 bits per heavy atom. The first-order valence-electron chi connectivity index (χ1n) is 9.11. The van der Waals surface area contributed by atoms with Gasteiger partial charge in [0.25, 0.3) is 0 Å². The van der Waals surface area contributed by atoms with Crippen LogP contribution >= 0.6 is 0 Å². The van der Waals surface area contributed by atoms with Crippen molar-refractivity contribution in [3.8, 4) is 17.2 Å². The lowest BCUT2D eigenvalue weighted by Crippen LogP contribution is -1.92. The average Bonchev–Trinajstić information content (AvgIpc) is 2.69. The minimum atomic E-state index is -0.145. The third-order valence-electron chi connectivity index (χ3n) is 4.04. The molecule has 3 rings (SSSR count). The predicted octanol–water partition coefficient (Wildman–Crippen LogP) is 6.52. The third kappa shape index (κ3) is 6.00. The van der Waals surface area contributed by atoms with Crippen LogP contribution in [0.2, 0.25) is 0 Å². The molecule has 0 aliphatic rings. The summed E-state index contributed by atoms with van der Waals surface area (Å²) in [6, 6.07) is 24.9. The van der Waals surface area contributed by atoms with Gasteiger partial charge in [-0.1, -0.05) is 42.5 Å². The number of halogens is 1. The number of para-hydroxylation sites is 1. The number of allylic oxidation sites excluding steroid dienone is 2. The van der Waals surface area contributed by atoms with Crippen LogP contribution in [-0.2, 0) is 12.8 Å². The molecule has 0 atom stereocenters. The second kappa shape index (κ2) is 9.58. The molecule has 0 aliphatic heterocycles. The topological polar surface area (TPSA) is 18.5 Å². The maximum Gasteiger partial charge on any atom is 0.127 e. The highest BCUT2D eigenvalue weighted by molar-refractivity contribution is 5.35. The van der Waals surface area contributed by atoms with Crippen LogP contribution in [-0.4, -0.2) is 6.61 Å². The third-order valence-corrected chi connectivity index (χ3v) is 4.04. The van der Waals surface area contributed by atoms with Crippen molar-refractivity contribution in [1.29, 1.82) is 0 Å². The fraction of sp³-hybridized carbons (Fsp3) is 0.167. The molecule has 0 spiro atoms. The molecule has 0 aliphatic carbocycles. The Bertz CT molecular complexity index is 870. The van der Waals surface area contributed by atoms with Crippen molar-refractivity contribution in [1.82, 2.24) is 0 Å². The number of benzene rings is 3. The minimum Gasteiger partial charge on any atom is -0.494 e. The Hall–Kier alpha value is -3.07. The lowest BCUT2D eigenvalue weighted by atomic mass is 10.1. The second-order valence-electron chi connectivity index (χ2n) is 6.17. The number of ether oxygens (including phenoxy) is 2. The van der Waals surface area contributed by atoms with Gasteiger partial charge in [0.15, 0.2) is 0 Å². The van der Waals surface area contributed by atoms with Crippen LogP contribution in [0.4, 0.5) is 4.39 Å². The monoisotopic (exact) mass is 362 g/mol. The van der Waals surface area contributed by atoms with E-state index in [9.17, 15) is 4.39 Å². The molecule has 0 N–H and O–H groups in total. The lowest BCUT2D eigenvalue weighted by molar-refractivity contribution is 0.340. The summed E-state index contributed by atoms with van der Waals surface area (Å²) in [5, 5.41) is 0. The average molecular weight is 362 g/mol. The van der Waals surface area contributed by atoms with E-state index in [1.165, 1.54) is 0 Å². The highest BCUT2D eigenvalue weighted by Crippen LogP contribution is 2.22. The van der Waals surface area contributed by atoms with Gasteiger partial charge in [0.05, 0.1) is 6.61 Å². The maximum atomic E-state index is 14.3. The van der Waals surface area contributed by atoms with Crippen molar-refractivity contribution < 1.29 is 13.9 Å². The standard InChI is InChI=1S/C24H23FO2/c1-2-26-22-15-12-20(13-16-22)17-21(25)14-11-19-7-6-10-24(18-19)27-23-8-4-3-5-9-23/h3-10,12-16,18H,2,11,17H2,1H3. The molecule has 0 aromatic heterocycles. The van der Waals surface area contributed by atoms with Gasteiger partial charge in [0, 0.05) is 6.42 Å². The first-order chi connectivity index (χ1) is 13.2. The molecule has 0 amide bonds. The van der Waals surface area contributed by atoms with Crippen molar-refractivity contribution in [3.63, 3.8) is 0 Å². The molecular weight excluding hydrogens is 339 g/mol. The van der Waals surface area contributed by atoms with Crippen LogP contribution in [0.5, 0.6) is 17.2 Å². The number of rotatable bonds is 8. The van der Waals surface area contributed by atoms with Crippen molar-refractivity contribution in [2.75, 3.05) is 6.61 Å².